The zero-order chi connectivity index (χ0) is 28.4. The summed E-state index contributed by atoms with van der Waals surface area (Å²) >= 11 is 0. The van der Waals surface area contributed by atoms with Crippen LogP contribution in [-0.4, -0.2) is 69.9 Å². The van der Waals surface area contributed by atoms with Crippen molar-refractivity contribution in [3.05, 3.63) is 0 Å². The Balaban J connectivity index is 4.82. The van der Waals surface area contributed by atoms with E-state index in [1.165, 1.54) is 64.2 Å². The molecular formula is C30H56N2O6. The number of carbonyl (C=O) groups is 4. The van der Waals surface area contributed by atoms with Gasteiger partial charge in [0.15, 0.2) is 0 Å². The van der Waals surface area contributed by atoms with Crippen LogP contribution in [0.3, 0.4) is 0 Å². The average Bonchev–Trinajstić information content (AvgIpc) is 2.89. The van der Waals surface area contributed by atoms with Crippen LogP contribution in [0.2, 0.25) is 0 Å². The van der Waals surface area contributed by atoms with Gasteiger partial charge in [0.2, 0.25) is 11.8 Å². The summed E-state index contributed by atoms with van der Waals surface area (Å²) in [6.45, 7) is 6.22. The van der Waals surface area contributed by atoms with E-state index in [-0.39, 0.29) is 37.5 Å². The zero-order valence-electron chi connectivity index (χ0n) is 24.4. The molecule has 0 fully saturated rings. The Morgan fingerprint density at radius 2 is 0.711 bits per heavy atom. The molecule has 0 unspecified atom stereocenters. The Kier molecular flexibility index (Phi) is 23.8. The molecule has 2 N–H and O–H groups in total. The van der Waals surface area contributed by atoms with Gasteiger partial charge in [-0.2, -0.15) is 0 Å². The highest BCUT2D eigenvalue weighted by Gasteiger charge is 2.19. The number of rotatable bonds is 27. The highest BCUT2D eigenvalue weighted by atomic mass is 16.4. The standard InChI is InChI=1S/C30H56N2O6/c1-3-5-7-9-11-13-15-17-23-31(27(33)19-21-29(35)36)25-26-32(28(34)20-22-30(37)38)24-18-16-14-12-10-8-6-4-2/h3-26H2,1-2H3,(H,35,36)(H,37,38). The summed E-state index contributed by atoms with van der Waals surface area (Å²) in [5, 5.41) is 18.0. The van der Waals surface area contributed by atoms with Gasteiger partial charge in [0.1, 0.15) is 0 Å². The molecule has 0 saturated heterocycles. The molecule has 0 aliphatic carbocycles. The summed E-state index contributed by atoms with van der Waals surface area (Å²) in [5.41, 5.74) is 0. The lowest BCUT2D eigenvalue weighted by atomic mass is 10.1. The van der Waals surface area contributed by atoms with Crippen LogP contribution in [0.25, 0.3) is 0 Å². The molecule has 2 amide bonds. The van der Waals surface area contributed by atoms with E-state index in [0.717, 1.165) is 38.5 Å². The maximum atomic E-state index is 12.8. The fraction of sp³-hybridized carbons (Fsp3) is 0.867. The van der Waals surface area contributed by atoms with Gasteiger partial charge in [0.25, 0.3) is 0 Å². The number of unbranched alkanes of at least 4 members (excludes halogenated alkanes) is 14. The quantitative estimate of drug-likeness (QED) is 0.113. The first-order valence-electron chi connectivity index (χ1n) is 15.3. The number of nitrogens with zero attached hydrogens (tertiary/aromatic N) is 2. The summed E-state index contributed by atoms with van der Waals surface area (Å²) in [7, 11) is 0. The van der Waals surface area contributed by atoms with Crippen LogP contribution >= 0.6 is 0 Å². The molecule has 0 aromatic heterocycles. The van der Waals surface area contributed by atoms with Crippen LogP contribution < -0.4 is 0 Å². The van der Waals surface area contributed by atoms with Crippen LogP contribution in [0.5, 0.6) is 0 Å². The van der Waals surface area contributed by atoms with Gasteiger partial charge in [-0.25, -0.2) is 0 Å². The minimum absolute atomic E-state index is 0.0443. The van der Waals surface area contributed by atoms with Crippen molar-refractivity contribution in [1.82, 2.24) is 9.80 Å². The average molecular weight is 541 g/mol. The lowest BCUT2D eigenvalue weighted by molar-refractivity contribution is -0.142. The molecule has 0 aromatic carbocycles. The van der Waals surface area contributed by atoms with Crippen LogP contribution in [0.1, 0.15) is 142 Å². The molecule has 0 atom stereocenters. The second-order valence-corrected chi connectivity index (χ2v) is 10.5. The highest BCUT2D eigenvalue weighted by Crippen LogP contribution is 2.12. The number of carboxylic acid groups (broad SMARTS) is 2. The van der Waals surface area contributed by atoms with Gasteiger partial charge in [-0.3, -0.25) is 19.2 Å². The molecule has 8 heteroatoms. The molecule has 8 nitrogen and oxygen atoms in total. The minimum atomic E-state index is -0.995. The number of aliphatic carboxylic acids is 2. The van der Waals surface area contributed by atoms with Crippen molar-refractivity contribution in [2.24, 2.45) is 0 Å². The summed E-state index contributed by atoms with van der Waals surface area (Å²) < 4.78 is 0. The van der Waals surface area contributed by atoms with Crippen LogP contribution in [0.15, 0.2) is 0 Å². The number of hydrogen-bond donors (Lipinski definition) is 2. The summed E-state index contributed by atoms with van der Waals surface area (Å²) in [4.78, 5) is 50.9. The fourth-order valence-electron chi connectivity index (χ4n) is 4.58. The van der Waals surface area contributed by atoms with Crippen molar-refractivity contribution < 1.29 is 29.4 Å². The minimum Gasteiger partial charge on any atom is -0.481 e. The number of carboxylic acids is 2. The monoisotopic (exact) mass is 540 g/mol. The zero-order valence-corrected chi connectivity index (χ0v) is 24.4. The van der Waals surface area contributed by atoms with E-state index in [4.69, 9.17) is 10.2 Å². The predicted molar refractivity (Wildman–Crippen MR) is 152 cm³/mol. The van der Waals surface area contributed by atoms with E-state index in [0.29, 0.717) is 26.2 Å². The first kappa shape index (κ1) is 35.9. The molecule has 0 heterocycles. The Hall–Kier alpha value is -2.12. The Labute approximate surface area is 231 Å². The molecule has 222 valence electrons. The smallest absolute Gasteiger partial charge is 0.303 e. The molecule has 0 radical (unpaired) electrons. The van der Waals surface area contributed by atoms with Gasteiger partial charge in [-0.15, -0.1) is 0 Å². The van der Waals surface area contributed by atoms with Gasteiger partial charge in [-0.1, -0.05) is 104 Å². The Morgan fingerprint density at radius 3 is 1.00 bits per heavy atom. The van der Waals surface area contributed by atoms with Crippen LogP contribution in [0.4, 0.5) is 0 Å². The molecule has 0 aromatic rings. The highest BCUT2D eigenvalue weighted by molar-refractivity contribution is 5.81. The van der Waals surface area contributed by atoms with Crippen molar-refractivity contribution in [2.45, 2.75) is 142 Å². The van der Waals surface area contributed by atoms with Crippen molar-refractivity contribution in [3.63, 3.8) is 0 Å². The van der Waals surface area contributed by atoms with E-state index in [2.05, 4.69) is 13.8 Å². The second kappa shape index (κ2) is 25.2. The van der Waals surface area contributed by atoms with Crippen LogP contribution in [-0.2, 0) is 19.2 Å². The first-order chi connectivity index (χ1) is 18.3. The van der Waals surface area contributed by atoms with Crippen molar-refractivity contribution >= 4 is 23.8 Å². The molecule has 0 rings (SSSR count). The van der Waals surface area contributed by atoms with E-state index < -0.39 is 11.9 Å². The van der Waals surface area contributed by atoms with Crippen molar-refractivity contribution in [1.29, 1.82) is 0 Å². The lowest BCUT2D eigenvalue weighted by Crippen LogP contribution is -2.42. The first-order valence-corrected chi connectivity index (χ1v) is 15.3. The molecule has 0 aliphatic rings. The van der Waals surface area contributed by atoms with Crippen molar-refractivity contribution in [3.8, 4) is 0 Å². The van der Waals surface area contributed by atoms with Gasteiger partial charge in [0, 0.05) is 39.0 Å². The van der Waals surface area contributed by atoms with Gasteiger partial charge >= 0.3 is 11.9 Å². The van der Waals surface area contributed by atoms with Gasteiger partial charge in [-0.05, 0) is 12.8 Å². The molecular weight excluding hydrogens is 484 g/mol. The topological polar surface area (TPSA) is 115 Å². The molecule has 0 spiro atoms. The SMILES string of the molecule is CCCCCCCCCCN(CCN(CCCCCCCCCC)C(=O)CCC(=O)O)C(=O)CCC(=O)O. The lowest BCUT2D eigenvalue weighted by Gasteiger charge is -2.28. The third-order valence-corrected chi connectivity index (χ3v) is 7.01. The normalized spacial score (nSPS) is 10.9. The Morgan fingerprint density at radius 1 is 0.421 bits per heavy atom. The van der Waals surface area contributed by atoms with Crippen LogP contribution in [0, 0.1) is 0 Å². The van der Waals surface area contributed by atoms with Gasteiger partial charge < -0.3 is 20.0 Å². The van der Waals surface area contributed by atoms with E-state index >= 15 is 0 Å². The van der Waals surface area contributed by atoms with E-state index in [9.17, 15) is 19.2 Å². The molecule has 38 heavy (non-hydrogen) atoms. The van der Waals surface area contributed by atoms with E-state index in [1.807, 2.05) is 0 Å². The maximum Gasteiger partial charge on any atom is 0.303 e. The number of hydrogen-bond acceptors (Lipinski definition) is 4. The van der Waals surface area contributed by atoms with Gasteiger partial charge in [0.05, 0.1) is 12.8 Å². The third-order valence-electron chi connectivity index (χ3n) is 7.01. The molecule has 0 bridgehead atoms. The largest absolute Gasteiger partial charge is 0.481 e. The fourth-order valence-corrected chi connectivity index (χ4v) is 4.58. The van der Waals surface area contributed by atoms with E-state index in [1.54, 1.807) is 9.80 Å². The molecule has 0 aliphatic heterocycles. The predicted octanol–water partition coefficient (Wildman–Crippen LogP) is 6.65. The summed E-state index contributed by atoms with van der Waals surface area (Å²) in [6.07, 6.45) is 17.9. The van der Waals surface area contributed by atoms with Crippen molar-refractivity contribution in [2.75, 3.05) is 26.2 Å². The second-order valence-electron chi connectivity index (χ2n) is 10.5. The summed E-state index contributed by atoms with van der Waals surface area (Å²) in [6, 6.07) is 0. The maximum absolute atomic E-state index is 12.8. The third kappa shape index (κ3) is 21.9. The Bertz CT molecular complexity index is 586. The number of amides is 2. The molecule has 0 saturated carbocycles. The number of carbonyl (C=O) groups excluding carboxylic acids is 2. The summed E-state index contributed by atoms with van der Waals surface area (Å²) in [5.74, 6) is -2.38.